The Labute approximate surface area is 205 Å². The molecule has 11 heteroatoms. The first-order valence-corrected chi connectivity index (χ1v) is 12.2. The number of rotatable bonds is 7. The number of hydrogen-bond donors (Lipinski definition) is 1. The number of furan rings is 1. The summed E-state index contributed by atoms with van der Waals surface area (Å²) < 4.78 is 12.7. The van der Waals surface area contributed by atoms with Crippen molar-refractivity contribution in [1.82, 2.24) is 19.2 Å². The van der Waals surface area contributed by atoms with Crippen molar-refractivity contribution in [2.24, 2.45) is 0 Å². The number of fused-ring (bicyclic) bond motifs is 1. The summed E-state index contributed by atoms with van der Waals surface area (Å²) in [6, 6.07) is 8.94. The van der Waals surface area contributed by atoms with Gasteiger partial charge in [0.25, 0.3) is 11.5 Å². The minimum Gasteiger partial charge on any atom is -0.467 e. The second kappa shape index (κ2) is 10.1. The SMILES string of the molecule is O=C1/C(=C/c2c(NCCN3CCOCC3)nc3ccccn3c2=O)SC(=S)N1Cc1ccco1. The van der Waals surface area contributed by atoms with Crippen LogP contribution >= 0.6 is 24.0 Å². The van der Waals surface area contributed by atoms with Crippen LogP contribution < -0.4 is 10.9 Å². The quantitative estimate of drug-likeness (QED) is 0.390. The summed E-state index contributed by atoms with van der Waals surface area (Å²) >= 11 is 6.59. The first-order chi connectivity index (χ1) is 16.6. The van der Waals surface area contributed by atoms with E-state index in [1.807, 2.05) is 6.07 Å². The highest BCUT2D eigenvalue weighted by Crippen LogP contribution is 2.34. The maximum atomic E-state index is 13.4. The van der Waals surface area contributed by atoms with Crippen LogP contribution in [0.25, 0.3) is 11.7 Å². The Morgan fingerprint density at radius 3 is 2.82 bits per heavy atom. The van der Waals surface area contributed by atoms with E-state index in [1.165, 1.54) is 21.1 Å². The normalized spacial score (nSPS) is 18.4. The lowest BCUT2D eigenvalue weighted by Crippen LogP contribution is -2.39. The Balaban J connectivity index is 1.44. The van der Waals surface area contributed by atoms with E-state index in [2.05, 4.69) is 15.2 Å². The van der Waals surface area contributed by atoms with E-state index < -0.39 is 0 Å². The predicted molar refractivity (Wildman–Crippen MR) is 135 cm³/mol. The van der Waals surface area contributed by atoms with Crippen LogP contribution in [0.5, 0.6) is 0 Å². The summed E-state index contributed by atoms with van der Waals surface area (Å²) in [6.07, 6.45) is 4.81. The molecule has 0 aliphatic carbocycles. The fraction of sp³-hybridized carbons (Fsp3) is 0.304. The maximum Gasteiger partial charge on any atom is 0.267 e. The smallest absolute Gasteiger partial charge is 0.267 e. The second-order valence-electron chi connectivity index (χ2n) is 7.84. The average molecular weight is 498 g/mol. The van der Waals surface area contributed by atoms with Gasteiger partial charge in [-0.2, -0.15) is 0 Å². The van der Waals surface area contributed by atoms with Gasteiger partial charge in [0, 0.05) is 32.4 Å². The van der Waals surface area contributed by atoms with Gasteiger partial charge in [-0.1, -0.05) is 30.0 Å². The highest BCUT2D eigenvalue weighted by atomic mass is 32.2. The maximum absolute atomic E-state index is 13.4. The third-order valence-corrected chi connectivity index (χ3v) is 7.01. The number of nitrogens with zero attached hydrogens (tertiary/aromatic N) is 4. The van der Waals surface area contributed by atoms with Crippen molar-refractivity contribution >= 4 is 51.7 Å². The minimum atomic E-state index is -0.261. The first-order valence-electron chi connectivity index (χ1n) is 10.9. The Bertz CT molecular complexity index is 1300. The summed E-state index contributed by atoms with van der Waals surface area (Å²) in [4.78, 5) is 35.3. The zero-order valence-electron chi connectivity index (χ0n) is 18.3. The van der Waals surface area contributed by atoms with E-state index in [4.69, 9.17) is 21.4 Å². The molecule has 2 aliphatic heterocycles. The number of amides is 1. The summed E-state index contributed by atoms with van der Waals surface area (Å²) in [5.74, 6) is 0.819. The largest absolute Gasteiger partial charge is 0.467 e. The number of hydrogen-bond acceptors (Lipinski definition) is 9. The lowest BCUT2D eigenvalue weighted by molar-refractivity contribution is -0.122. The molecule has 3 aromatic rings. The Morgan fingerprint density at radius 1 is 1.18 bits per heavy atom. The van der Waals surface area contributed by atoms with Crippen LogP contribution in [-0.4, -0.2) is 68.8 Å². The number of anilines is 1. The van der Waals surface area contributed by atoms with E-state index in [1.54, 1.807) is 42.8 Å². The van der Waals surface area contributed by atoms with E-state index >= 15 is 0 Å². The molecule has 2 aliphatic rings. The van der Waals surface area contributed by atoms with Crippen LogP contribution in [0.1, 0.15) is 11.3 Å². The molecule has 1 amide bonds. The summed E-state index contributed by atoms with van der Waals surface area (Å²) in [6.45, 7) is 4.84. The van der Waals surface area contributed by atoms with Gasteiger partial charge in [-0.05, 0) is 30.3 Å². The summed E-state index contributed by atoms with van der Waals surface area (Å²) in [5, 5.41) is 3.31. The number of carbonyl (C=O) groups excluding carboxylic acids is 1. The number of ether oxygens (including phenoxy) is 1. The fourth-order valence-electron chi connectivity index (χ4n) is 3.85. The summed E-state index contributed by atoms with van der Waals surface area (Å²) in [5.41, 5.74) is 0.601. The fourth-order valence-corrected chi connectivity index (χ4v) is 5.09. The van der Waals surface area contributed by atoms with Crippen LogP contribution in [0.2, 0.25) is 0 Å². The van der Waals surface area contributed by atoms with Crippen molar-refractivity contribution in [3.8, 4) is 0 Å². The zero-order chi connectivity index (χ0) is 23.5. The molecule has 1 N–H and O–H groups in total. The predicted octanol–water partition coefficient (Wildman–Crippen LogP) is 2.43. The molecule has 2 saturated heterocycles. The van der Waals surface area contributed by atoms with Crippen LogP contribution in [0.15, 0.2) is 56.9 Å². The van der Waals surface area contributed by atoms with Crippen molar-refractivity contribution in [2.45, 2.75) is 6.54 Å². The van der Waals surface area contributed by atoms with Crippen LogP contribution in [0.4, 0.5) is 5.82 Å². The van der Waals surface area contributed by atoms with E-state index in [0.29, 0.717) is 38.6 Å². The number of nitrogens with one attached hydrogen (secondary N) is 1. The molecule has 2 fully saturated rings. The topological polar surface area (TPSA) is 92.3 Å². The van der Waals surface area contributed by atoms with Crippen molar-refractivity contribution in [3.05, 3.63) is 69.4 Å². The minimum absolute atomic E-state index is 0.245. The van der Waals surface area contributed by atoms with Crippen molar-refractivity contribution < 1.29 is 13.9 Å². The molecule has 0 unspecified atom stereocenters. The third kappa shape index (κ3) is 4.78. The third-order valence-electron chi connectivity index (χ3n) is 5.64. The molecule has 0 radical (unpaired) electrons. The number of thioether (sulfide) groups is 1. The molecular weight excluding hydrogens is 474 g/mol. The number of carbonyl (C=O) groups is 1. The molecule has 5 heterocycles. The second-order valence-corrected chi connectivity index (χ2v) is 9.51. The van der Waals surface area contributed by atoms with Gasteiger partial charge in [-0.25, -0.2) is 4.98 Å². The van der Waals surface area contributed by atoms with Crippen LogP contribution in [0.3, 0.4) is 0 Å². The molecule has 176 valence electrons. The molecule has 5 rings (SSSR count). The van der Waals surface area contributed by atoms with E-state index in [-0.39, 0.29) is 18.0 Å². The monoisotopic (exact) mass is 497 g/mol. The lowest BCUT2D eigenvalue weighted by atomic mass is 10.2. The van der Waals surface area contributed by atoms with Crippen molar-refractivity contribution in [2.75, 3.05) is 44.7 Å². The van der Waals surface area contributed by atoms with Crippen LogP contribution in [0, 0.1) is 0 Å². The Kier molecular flexibility index (Phi) is 6.77. The van der Waals surface area contributed by atoms with Crippen molar-refractivity contribution in [3.63, 3.8) is 0 Å². The highest BCUT2D eigenvalue weighted by Gasteiger charge is 2.33. The van der Waals surface area contributed by atoms with Crippen molar-refractivity contribution in [1.29, 1.82) is 0 Å². The van der Waals surface area contributed by atoms with E-state index in [0.717, 1.165) is 32.8 Å². The molecule has 0 atom stereocenters. The van der Waals surface area contributed by atoms with Gasteiger partial charge in [0.1, 0.15) is 21.5 Å². The van der Waals surface area contributed by atoms with Gasteiger partial charge < -0.3 is 14.5 Å². The molecule has 0 spiro atoms. The van der Waals surface area contributed by atoms with E-state index in [9.17, 15) is 9.59 Å². The van der Waals surface area contributed by atoms with Gasteiger partial charge in [0.15, 0.2) is 0 Å². The molecule has 3 aromatic heterocycles. The molecule has 0 aromatic carbocycles. The standard InChI is InChI=1S/C23H23N5O4S2/c29-21-17(14-18-22(30)28(23(33)34-18)15-16-4-3-11-32-16)20(25-19-5-1-2-7-27(19)21)24-6-8-26-9-12-31-13-10-26/h1-5,7,11,14,24H,6,8-10,12-13,15H2/b18-14-. The molecule has 9 nitrogen and oxygen atoms in total. The van der Waals surface area contributed by atoms with Gasteiger partial charge in [0.05, 0.1) is 36.5 Å². The number of thiocarbonyl (C=S) groups is 1. The number of aromatic nitrogens is 2. The van der Waals surface area contributed by atoms with Gasteiger partial charge in [-0.3, -0.25) is 23.8 Å². The highest BCUT2D eigenvalue weighted by molar-refractivity contribution is 8.26. The molecule has 34 heavy (non-hydrogen) atoms. The Hall–Kier alpha value is -2.99. The average Bonchev–Trinajstić information content (AvgIpc) is 3.46. The number of pyridine rings is 1. The Morgan fingerprint density at radius 2 is 2.03 bits per heavy atom. The van der Waals surface area contributed by atoms with Gasteiger partial charge >= 0.3 is 0 Å². The first kappa shape index (κ1) is 22.8. The van der Waals surface area contributed by atoms with Gasteiger partial charge in [0.2, 0.25) is 0 Å². The molecule has 0 bridgehead atoms. The summed E-state index contributed by atoms with van der Waals surface area (Å²) in [7, 11) is 0. The lowest BCUT2D eigenvalue weighted by Gasteiger charge is -2.26. The number of morpholine rings is 1. The zero-order valence-corrected chi connectivity index (χ0v) is 19.9. The molecular formula is C23H23N5O4S2. The van der Waals surface area contributed by atoms with Crippen LogP contribution in [-0.2, 0) is 16.1 Å². The molecule has 0 saturated carbocycles. The van der Waals surface area contributed by atoms with Gasteiger partial charge in [-0.15, -0.1) is 0 Å².